The molecular formula is C8H12F2O4. The number of rotatable bonds is 2. The Kier molecular flexibility index (Phi) is 2.78. The Labute approximate surface area is 79.5 Å². The second-order valence-corrected chi connectivity index (χ2v) is 3.55. The summed E-state index contributed by atoms with van der Waals surface area (Å²) in [5, 5.41) is 17.8. The van der Waals surface area contributed by atoms with Crippen molar-refractivity contribution in [3.05, 3.63) is 0 Å². The normalized spacial score (nSPS) is 34.1. The van der Waals surface area contributed by atoms with Gasteiger partial charge in [-0.2, -0.15) is 8.78 Å². The molecule has 1 rings (SSSR count). The maximum Gasteiger partial charge on any atom is 0.377 e. The monoisotopic (exact) mass is 210 g/mol. The van der Waals surface area contributed by atoms with Crippen LogP contribution in [0.5, 0.6) is 0 Å². The molecule has 2 N–H and O–H groups in total. The molecule has 1 aliphatic rings. The van der Waals surface area contributed by atoms with E-state index in [9.17, 15) is 18.7 Å². The van der Waals surface area contributed by atoms with E-state index in [1.807, 2.05) is 0 Å². The molecule has 1 fully saturated rings. The highest BCUT2D eigenvalue weighted by Gasteiger charge is 2.59. The van der Waals surface area contributed by atoms with E-state index in [0.29, 0.717) is 0 Å². The van der Waals surface area contributed by atoms with Gasteiger partial charge in [0.2, 0.25) is 0 Å². The largest absolute Gasteiger partial charge is 0.477 e. The fourth-order valence-corrected chi connectivity index (χ4v) is 1.55. The molecule has 1 heterocycles. The molecular weight excluding hydrogens is 198 g/mol. The summed E-state index contributed by atoms with van der Waals surface area (Å²) < 4.78 is 31.1. The van der Waals surface area contributed by atoms with Crippen molar-refractivity contribution in [3.63, 3.8) is 0 Å². The lowest BCUT2D eigenvalue weighted by Gasteiger charge is -2.38. The zero-order valence-corrected chi connectivity index (χ0v) is 7.67. The maximum absolute atomic E-state index is 13.1. The highest BCUT2D eigenvalue weighted by atomic mass is 19.3. The summed E-state index contributed by atoms with van der Waals surface area (Å²) in [4.78, 5) is 10.3. The van der Waals surface area contributed by atoms with Gasteiger partial charge in [-0.1, -0.05) is 0 Å². The van der Waals surface area contributed by atoms with Gasteiger partial charge >= 0.3 is 11.9 Å². The number of carboxylic acid groups (broad SMARTS) is 1. The van der Waals surface area contributed by atoms with Crippen LogP contribution in [0.4, 0.5) is 8.78 Å². The summed E-state index contributed by atoms with van der Waals surface area (Å²) in [6, 6.07) is 0. The van der Waals surface area contributed by atoms with Crippen LogP contribution in [-0.2, 0) is 9.53 Å². The minimum Gasteiger partial charge on any atom is -0.477 e. The van der Waals surface area contributed by atoms with Gasteiger partial charge in [0.05, 0.1) is 6.10 Å². The summed E-state index contributed by atoms with van der Waals surface area (Å²) in [6.45, 7) is 1.46. The molecule has 0 aromatic heterocycles. The van der Waals surface area contributed by atoms with Gasteiger partial charge < -0.3 is 14.9 Å². The molecule has 2 atom stereocenters. The van der Waals surface area contributed by atoms with Crippen molar-refractivity contribution in [1.82, 2.24) is 0 Å². The third kappa shape index (κ3) is 1.72. The van der Waals surface area contributed by atoms with Crippen LogP contribution in [0.3, 0.4) is 0 Å². The number of hydrogen-bond donors (Lipinski definition) is 2. The smallest absolute Gasteiger partial charge is 0.377 e. The number of halogens is 2. The molecule has 14 heavy (non-hydrogen) atoms. The number of ether oxygens (including phenoxy) is 1. The van der Waals surface area contributed by atoms with Crippen molar-refractivity contribution in [2.24, 2.45) is 0 Å². The molecule has 1 saturated heterocycles. The molecule has 1 aliphatic heterocycles. The first-order valence-corrected chi connectivity index (χ1v) is 4.25. The third-order valence-corrected chi connectivity index (χ3v) is 2.40. The zero-order chi connectivity index (χ0) is 11.0. The predicted molar refractivity (Wildman–Crippen MR) is 42.2 cm³/mol. The predicted octanol–water partition coefficient (Wildman–Crippen LogP) is 0.636. The summed E-state index contributed by atoms with van der Waals surface area (Å²) in [7, 11) is 0. The standard InChI is InChI=1S/C8H12F2O4/c1-5-4-7(13,2-3-14-5)8(9,10)6(11)12/h5,13H,2-4H2,1H3,(H,11,12). The Hall–Kier alpha value is -0.750. The Morgan fingerprint density at radius 1 is 1.64 bits per heavy atom. The maximum atomic E-state index is 13.1. The molecule has 0 aromatic carbocycles. The van der Waals surface area contributed by atoms with Gasteiger partial charge in [-0.05, 0) is 6.92 Å². The number of alkyl halides is 2. The average molecular weight is 210 g/mol. The fraction of sp³-hybridized carbons (Fsp3) is 0.875. The Morgan fingerprint density at radius 3 is 2.64 bits per heavy atom. The van der Waals surface area contributed by atoms with Gasteiger partial charge in [0.1, 0.15) is 5.60 Å². The Morgan fingerprint density at radius 2 is 2.21 bits per heavy atom. The number of carbonyl (C=O) groups is 1. The van der Waals surface area contributed by atoms with Gasteiger partial charge in [0.15, 0.2) is 0 Å². The fourth-order valence-electron chi connectivity index (χ4n) is 1.55. The zero-order valence-electron chi connectivity index (χ0n) is 7.67. The molecule has 0 spiro atoms. The van der Waals surface area contributed by atoms with Crippen LogP contribution < -0.4 is 0 Å². The van der Waals surface area contributed by atoms with Crippen molar-refractivity contribution in [2.45, 2.75) is 37.4 Å². The van der Waals surface area contributed by atoms with E-state index >= 15 is 0 Å². The van der Waals surface area contributed by atoms with Crippen LogP contribution in [0.25, 0.3) is 0 Å². The van der Waals surface area contributed by atoms with Crippen molar-refractivity contribution in [1.29, 1.82) is 0 Å². The van der Waals surface area contributed by atoms with Crippen molar-refractivity contribution in [2.75, 3.05) is 6.61 Å². The van der Waals surface area contributed by atoms with Gasteiger partial charge in [-0.15, -0.1) is 0 Å². The summed E-state index contributed by atoms with van der Waals surface area (Å²) in [6.07, 6.45) is -1.29. The Balaban J connectivity index is 2.87. The summed E-state index contributed by atoms with van der Waals surface area (Å²) in [5.74, 6) is -6.42. The lowest BCUT2D eigenvalue weighted by molar-refractivity contribution is -0.232. The number of aliphatic hydroxyl groups is 1. The van der Waals surface area contributed by atoms with E-state index in [0.717, 1.165) is 0 Å². The highest BCUT2D eigenvalue weighted by molar-refractivity contribution is 5.77. The van der Waals surface area contributed by atoms with Crippen molar-refractivity contribution >= 4 is 5.97 Å². The topological polar surface area (TPSA) is 66.8 Å². The first kappa shape index (κ1) is 11.3. The second-order valence-electron chi connectivity index (χ2n) is 3.55. The first-order chi connectivity index (χ1) is 6.29. The van der Waals surface area contributed by atoms with Crippen LogP contribution in [0.1, 0.15) is 19.8 Å². The Bertz CT molecular complexity index is 243. The van der Waals surface area contributed by atoms with Gasteiger partial charge in [0.25, 0.3) is 0 Å². The summed E-state index contributed by atoms with van der Waals surface area (Å²) in [5.41, 5.74) is -2.49. The summed E-state index contributed by atoms with van der Waals surface area (Å²) >= 11 is 0. The van der Waals surface area contributed by atoms with E-state index in [1.165, 1.54) is 6.92 Å². The van der Waals surface area contributed by atoms with Crippen LogP contribution in [-0.4, -0.2) is 40.4 Å². The minimum absolute atomic E-state index is 0.0550. The van der Waals surface area contributed by atoms with Crippen LogP contribution in [0, 0.1) is 0 Å². The molecule has 0 aliphatic carbocycles. The van der Waals surface area contributed by atoms with E-state index in [-0.39, 0.29) is 19.4 Å². The molecule has 0 bridgehead atoms. The van der Waals surface area contributed by atoms with E-state index in [4.69, 9.17) is 9.84 Å². The molecule has 0 radical (unpaired) electrons. The average Bonchev–Trinajstić information content (AvgIpc) is 2.03. The second kappa shape index (κ2) is 3.43. The minimum atomic E-state index is -4.12. The molecule has 82 valence electrons. The quantitative estimate of drug-likeness (QED) is 0.701. The number of aliphatic carboxylic acids is 1. The van der Waals surface area contributed by atoms with E-state index in [1.54, 1.807) is 0 Å². The number of carboxylic acids is 1. The van der Waals surface area contributed by atoms with E-state index in [2.05, 4.69) is 0 Å². The molecule has 4 nitrogen and oxygen atoms in total. The molecule has 2 unspecified atom stereocenters. The van der Waals surface area contributed by atoms with Gasteiger partial charge in [0, 0.05) is 19.4 Å². The SMILES string of the molecule is CC1CC(O)(C(F)(F)C(=O)O)CCO1. The van der Waals surface area contributed by atoms with Gasteiger partial charge in [-0.25, -0.2) is 4.79 Å². The third-order valence-electron chi connectivity index (χ3n) is 2.40. The lowest BCUT2D eigenvalue weighted by atomic mass is 9.85. The highest BCUT2D eigenvalue weighted by Crippen LogP contribution is 2.38. The first-order valence-electron chi connectivity index (χ1n) is 4.25. The molecule has 0 amide bonds. The lowest BCUT2D eigenvalue weighted by Crippen LogP contribution is -2.57. The van der Waals surface area contributed by atoms with Crippen LogP contribution >= 0.6 is 0 Å². The van der Waals surface area contributed by atoms with Crippen LogP contribution in [0.2, 0.25) is 0 Å². The molecule has 0 aromatic rings. The number of hydrogen-bond acceptors (Lipinski definition) is 3. The van der Waals surface area contributed by atoms with Gasteiger partial charge in [-0.3, -0.25) is 0 Å². The van der Waals surface area contributed by atoms with E-state index < -0.39 is 23.6 Å². The van der Waals surface area contributed by atoms with Crippen LogP contribution in [0.15, 0.2) is 0 Å². The van der Waals surface area contributed by atoms with Crippen molar-refractivity contribution < 1.29 is 28.5 Å². The molecule has 6 heteroatoms. The van der Waals surface area contributed by atoms with Crippen molar-refractivity contribution in [3.8, 4) is 0 Å². The molecule has 0 saturated carbocycles.